The fourth-order valence-electron chi connectivity index (χ4n) is 1.47. The molecule has 82 valence electrons. The number of nitro groups is 2. The van der Waals surface area contributed by atoms with Gasteiger partial charge in [0.05, 0.1) is 20.9 Å². The average Bonchev–Trinajstić information content (AvgIpc) is 2.62. The summed E-state index contributed by atoms with van der Waals surface area (Å²) in [6.07, 6.45) is 0. The van der Waals surface area contributed by atoms with E-state index < -0.39 is 9.85 Å². The van der Waals surface area contributed by atoms with Gasteiger partial charge in [-0.15, -0.1) is 11.3 Å². The van der Waals surface area contributed by atoms with Crippen molar-refractivity contribution in [3.05, 3.63) is 37.4 Å². The van der Waals surface area contributed by atoms with Crippen molar-refractivity contribution < 1.29 is 9.85 Å². The van der Waals surface area contributed by atoms with Crippen molar-refractivity contribution in [2.24, 2.45) is 0 Å². The molecular formula is C8H5N3O4S. The molecule has 8 heteroatoms. The summed E-state index contributed by atoms with van der Waals surface area (Å²) in [4.78, 5) is 24.2. The Kier molecular flexibility index (Phi) is 2.27. The Morgan fingerprint density at radius 3 is 2.56 bits per heavy atom. The maximum atomic E-state index is 10.9. The molecule has 0 bridgehead atoms. The highest BCUT2D eigenvalue weighted by molar-refractivity contribution is 7.17. The van der Waals surface area contributed by atoms with Crippen LogP contribution >= 0.6 is 11.3 Å². The molecule has 0 amide bonds. The number of nitro benzene ring substituents is 2. The van der Waals surface area contributed by atoms with Crippen molar-refractivity contribution >= 4 is 32.9 Å². The minimum absolute atomic E-state index is 0.0618. The molecule has 0 fully saturated rings. The molecule has 0 saturated heterocycles. The van der Waals surface area contributed by atoms with Crippen molar-refractivity contribution in [2.75, 3.05) is 0 Å². The third kappa shape index (κ3) is 1.39. The van der Waals surface area contributed by atoms with Crippen LogP contribution in [0.2, 0.25) is 0 Å². The largest absolute Gasteiger partial charge is 0.298 e. The molecule has 0 atom stereocenters. The van der Waals surface area contributed by atoms with E-state index in [0.717, 1.165) is 11.3 Å². The molecule has 0 unspecified atom stereocenters. The van der Waals surface area contributed by atoms with Crippen LogP contribution in [0.3, 0.4) is 0 Å². The lowest BCUT2D eigenvalue weighted by Gasteiger charge is -1.99. The first-order chi connectivity index (χ1) is 7.52. The van der Waals surface area contributed by atoms with E-state index in [1.165, 1.54) is 18.5 Å². The van der Waals surface area contributed by atoms with Gasteiger partial charge >= 0.3 is 0 Å². The molecule has 16 heavy (non-hydrogen) atoms. The Morgan fingerprint density at radius 2 is 2.00 bits per heavy atom. The summed E-state index contributed by atoms with van der Waals surface area (Å²) in [6, 6.07) is 1.26. The summed E-state index contributed by atoms with van der Waals surface area (Å²) in [5, 5.41) is 21.6. The number of rotatable bonds is 2. The number of hydrogen-bond acceptors (Lipinski definition) is 6. The standard InChI is InChI=1S/C8H5N3O4S/c1-4-6(10(12)13)2-5-8(16-3-9-5)7(4)11(14)15/h2-3H,1H3. The predicted octanol–water partition coefficient (Wildman–Crippen LogP) is 2.42. The van der Waals surface area contributed by atoms with E-state index in [0.29, 0.717) is 4.70 Å². The highest BCUT2D eigenvalue weighted by atomic mass is 32.1. The first kappa shape index (κ1) is 10.4. The second-order valence-corrected chi connectivity index (χ2v) is 3.94. The zero-order chi connectivity index (χ0) is 11.9. The van der Waals surface area contributed by atoms with E-state index in [1.54, 1.807) is 0 Å². The summed E-state index contributed by atoms with van der Waals surface area (Å²) >= 11 is 1.10. The Balaban J connectivity index is 2.92. The van der Waals surface area contributed by atoms with Crippen LogP contribution in [0, 0.1) is 27.2 Å². The molecule has 7 nitrogen and oxygen atoms in total. The second kappa shape index (κ2) is 3.49. The van der Waals surface area contributed by atoms with Crippen LogP contribution in [0.15, 0.2) is 11.6 Å². The number of fused-ring (bicyclic) bond motifs is 1. The lowest BCUT2D eigenvalue weighted by molar-refractivity contribution is -0.394. The third-order valence-electron chi connectivity index (χ3n) is 2.20. The Morgan fingerprint density at radius 1 is 1.31 bits per heavy atom. The summed E-state index contributed by atoms with van der Waals surface area (Å²) in [5.41, 5.74) is 1.28. The molecule has 0 saturated carbocycles. The Hall–Kier alpha value is -2.09. The zero-order valence-corrected chi connectivity index (χ0v) is 8.85. The average molecular weight is 239 g/mol. The number of nitrogens with zero attached hydrogens (tertiary/aromatic N) is 3. The van der Waals surface area contributed by atoms with Gasteiger partial charge in [-0.3, -0.25) is 20.2 Å². The van der Waals surface area contributed by atoms with Gasteiger partial charge in [0.2, 0.25) is 0 Å². The molecule has 1 heterocycles. The van der Waals surface area contributed by atoms with Gasteiger partial charge in [0.1, 0.15) is 10.3 Å². The van der Waals surface area contributed by atoms with E-state index in [2.05, 4.69) is 4.98 Å². The van der Waals surface area contributed by atoms with Crippen molar-refractivity contribution in [2.45, 2.75) is 6.92 Å². The van der Waals surface area contributed by atoms with Crippen LogP contribution in [0.5, 0.6) is 0 Å². The van der Waals surface area contributed by atoms with Crippen LogP contribution in [0.25, 0.3) is 10.2 Å². The fourth-order valence-corrected chi connectivity index (χ4v) is 2.32. The molecule has 0 aliphatic carbocycles. The summed E-state index contributed by atoms with van der Waals surface area (Å²) in [5.74, 6) is 0. The molecule has 0 aliphatic heterocycles. The summed E-state index contributed by atoms with van der Waals surface area (Å²) in [7, 11) is 0. The number of hydrogen-bond donors (Lipinski definition) is 0. The Bertz CT molecular complexity index is 607. The van der Waals surface area contributed by atoms with Gasteiger partial charge in [-0.05, 0) is 6.92 Å². The summed E-state index contributed by atoms with van der Waals surface area (Å²) < 4.78 is 0.369. The fraction of sp³-hybridized carbons (Fsp3) is 0.125. The molecule has 2 aromatic rings. The highest BCUT2D eigenvalue weighted by Crippen LogP contribution is 2.37. The monoisotopic (exact) mass is 239 g/mol. The second-order valence-electron chi connectivity index (χ2n) is 3.08. The van der Waals surface area contributed by atoms with Crippen molar-refractivity contribution in [1.29, 1.82) is 0 Å². The maximum absolute atomic E-state index is 10.9. The number of benzene rings is 1. The van der Waals surface area contributed by atoms with Crippen LogP contribution in [0.4, 0.5) is 11.4 Å². The highest BCUT2D eigenvalue weighted by Gasteiger charge is 2.26. The minimum atomic E-state index is -0.638. The van der Waals surface area contributed by atoms with Crippen LogP contribution in [-0.2, 0) is 0 Å². The van der Waals surface area contributed by atoms with E-state index in [4.69, 9.17) is 0 Å². The maximum Gasteiger partial charge on any atom is 0.298 e. The van der Waals surface area contributed by atoms with Gasteiger partial charge in [0.25, 0.3) is 11.4 Å². The zero-order valence-electron chi connectivity index (χ0n) is 8.04. The summed E-state index contributed by atoms with van der Waals surface area (Å²) in [6.45, 7) is 1.37. The molecule has 1 aromatic heterocycles. The quantitative estimate of drug-likeness (QED) is 0.591. The van der Waals surface area contributed by atoms with Crippen molar-refractivity contribution in [3.63, 3.8) is 0 Å². The van der Waals surface area contributed by atoms with E-state index in [9.17, 15) is 20.2 Å². The third-order valence-corrected chi connectivity index (χ3v) is 3.05. The molecule has 1 aromatic carbocycles. The van der Waals surface area contributed by atoms with E-state index in [-0.39, 0.29) is 22.5 Å². The topological polar surface area (TPSA) is 99.2 Å². The molecule has 0 spiro atoms. The lowest BCUT2D eigenvalue weighted by atomic mass is 10.1. The smallest absolute Gasteiger partial charge is 0.258 e. The molecule has 0 radical (unpaired) electrons. The van der Waals surface area contributed by atoms with Gasteiger partial charge in [0, 0.05) is 6.07 Å². The van der Waals surface area contributed by atoms with Crippen molar-refractivity contribution in [3.8, 4) is 0 Å². The van der Waals surface area contributed by atoms with Crippen molar-refractivity contribution in [1.82, 2.24) is 4.98 Å². The SMILES string of the molecule is Cc1c([N+](=O)[O-])cc2ncsc2c1[N+](=O)[O-]. The van der Waals surface area contributed by atoms with E-state index >= 15 is 0 Å². The first-order valence-electron chi connectivity index (χ1n) is 4.18. The van der Waals surface area contributed by atoms with Gasteiger partial charge in [0.15, 0.2) is 0 Å². The van der Waals surface area contributed by atoms with Gasteiger partial charge in [-0.25, -0.2) is 4.98 Å². The van der Waals surface area contributed by atoms with Crippen LogP contribution in [0.1, 0.15) is 5.56 Å². The van der Waals surface area contributed by atoms with Gasteiger partial charge < -0.3 is 0 Å². The van der Waals surface area contributed by atoms with Crippen LogP contribution < -0.4 is 0 Å². The number of aromatic nitrogens is 1. The van der Waals surface area contributed by atoms with E-state index in [1.807, 2.05) is 0 Å². The molecule has 0 aliphatic rings. The Labute approximate surface area is 92.6 Å². The predicted molar refractivity (Wildman–Crippen MR) is 57.7 cm³/mol. The number of thiazole rings is 1. The molecule has 2 rings (SSSR count). The molecular weight excluding hydrogens is 234 g/mol. The lowest BCUT2D eigenvalue weighted by Crippen LogP contribution is -1.97. The first-order valence-corrected chi connectivity index (χ1v) is 5.06. The van der Waals surface area contributed by atoms with Gasteiger partial charge in [-0.2, -0.15) is 0 Å². The normalized spacial score (nSPS) is 10.6. The van der Waals surface area contributed by atoms with Gasteiger partial charge in [-0.1, -0.05) is 0 Å². The van der Waals surface area contributed by atoms with Crippen LogP contribution in [-0.4, -0.2) is 14.8 Å². The molecule has 0 N–H and O–H groups in total. The minimum Gasteiger partial charge on any atom is -0.258 e.